The summed E-state index contributed by atoms with van der Waals surface area (Å²) in [7, 11) is 0. The van der Waals surface area contributed by atoms with E-state index >= 15 is 0 Å². The van der Waals surface area contributed by atoms with E-state index in [1.807, 2.05) is 60.7 Å². The van der Waals surface area contributed by atoms with E-state index in [1.54, 1.807) is 0 Å². The minimum Gasteiger partial charge on any atom is -0.388 e. The smallest absolute Gasteiger partial charge is 0.183 e. The van der Waals surface area contributed by atoms with Crippen molar-refractivity contribution >= 4 is 0 Å². The first kappa shape index (κ1) is 17.1. The predicted octanol–water partition coefficient (Wildman–Crippen LogP) is 1.87. The summed E-state index contributed by atoms with van der Waals surface area (Å²) in [4.78, 5) is 0. The van der Waals surface area contributed by atoms with Gasteiger partial charge in [-0.3, -0.25) is 0 Å². The summed E-state index contributed by atoms with van der Waals surface area (Å²) >= 11 is 0. The summed E-state index contributed by atoms with van der Waals surface area (Å²) in [6.45, 7) is 0.663. The number of hydrogen-bond acceptors (Lipinski definition) is 5. The maximum absolute atomic E-state index is 10.2. The van der Waals surface area contributed by atoms with Crippen molar-refractivity contribution in [2.45, 2.75) is 37.8 Å². The Morgan fingerprint density at radius 2 is 1.29 bits per heavy atom. The molecule has 1 aliphatic heterocycles. The van der Waals surface area contributed by atoms with Crippen LogP contribution in [0.2, 0.25) is 0 Å². The van der Waals surface area contributed by atoms with E-state index in [4.69, 9.17) is 14.2 Å². The van der Waals surface area contributed by atoms with Crippen molar-refractivity contribution in [2.75, 3.05) is 6.61 Å². The lowest BCUT2D eigenvalue weighted by atomic mass is 10.0. The van der Waals surface area contributed by atoms with Crippen LogP contribution >= 0.6 is 0 Å². The molecule has 128 valence electrons. The van der Waals surface area contributed by atoms with Gasteiger partial charge in [-0.25, -0.2) is 0 Å². The van der Waals surface area contributed by atoms with Crippen LogP contribution < -0.4 is 0 Å². The highest BCUT2D eigenvalue weighted by atomic mass is 16.7. The van der Waals surface area contributed by atoms with Crippen LogP contribution in [0.1, 0.15) is 11.1 Å². The van der Waals surface area contributed by atoms with Gasteiger partial charge < -0.3 is 24.4 Å². The average Bonchev–Trinajstić information content (AvgIpc) is 2.63. The second-order valence-corrected chi connectivity index (χ2v) is 5.81. The lowest BCUT2D eigenvalue weighted by Crippen LogP contribution is -2.55. The molecule has 2 N–H and O–H groups in total. The predicted molar refractivity (Wildman–Crippen MR) is 88.0 cm³/mol. The van der Waals surface area contributed by atoms with Crippen molar-refractivity contribution in [1.29, 1.82) is 0 Å². The van der Waals surface area contributed by atoms with Crippen LogP contribution in [0.15, 0.2) is 60.7 Å². The Hall–Kier alpha value is -1.76. The highest BCUT2D eigenvalue weighted by molar-refractivity contribution is 5.14. The van der Waals surface area contributed by atoms with E-state index in [9.17, 15) is 10.2 Å². The number of aliphatic hydroxyl groups is 2. The molecule has 1 saturated heterocycles. The topological polar surface area (TPSA) is 68.2 Å². The number of rotatable bonds is 6. The van der Waals surface area contributed by atoms with Crippen molar-refractivity contribution in [1.82, 2.24) is 0 Å². The molecule has 5 nitrogen and oxygen atoms in total. The molecule has 0 spiro atoms. The molecule has 24 heavy (non-hydrogen) atoms. The highest BCUT2D eigenvalue weighted by Crippen LogP contribution is 2.22. The molecule has 0 bridgehead atoms. The Bertz CT molecular complexity index is 548. The van der Waals surface area contributed by atoms with Gasteiger partial charge in [0.2, 0.25) is 0 Å². The van der Waals surface area contributed by atoms with Crippen molar-refractivity contribution in [3.8, 4) is 0 Å². The molecule has 0 aromatic heterocycles. The van der Waals surface area contributed by atoms with Gasteiger partial charge in [-0.15, -0.1) is 0 Å². The lowest BCUT2D eigenvalue weighted by Gasteiger charge is -2.38. The van der Waals surface area contributed by atoms with Gasteiger partial charge in [0.15, 0.2) is 6.29 Å². The summed E-state index contributed by atoms with van der Waals surface area (Å²) in [6.07, 6.45) is -3.38. The number of ether oxygens (including phenoxy) is 3. The molecule has 0 amide bonds. The second kappa shape index (κ2) is 8.37. The van der Waals surface area contributed by atoms with Crippen LogP contribution in [-0.4, -0.2) is 41.4 Å². The Morgan fingerprint density at radius 3 is 1.83 bits per heavy atom. The molecule has 3 rings (SSSR count). The van der Waals surface area contributed by atoms with Gasteiger partial charge >= 0.3 is 0 Å². The Kier molecular flexibility index (Phi) is 5.96. The fraction of sp³-hybridized carbons (Fsp3) is 0.368. The fourth-order valence-electron chi connectivity index (χ4n) is 2.68. The Labute approximate surface area is 141 Å². The Balaban J connectivity index is 1.63. The molecule has 0 radical (unpaired) electrons. The molecular formula is C19H22O5. The van der Waals surface area contributed by atoms with Crippen molar-refractivity contribution in [3.63, 3.8) is 0 Å². The van der Waals surface area contributed by atoms with E-state index < -0.39 is 24.6 Å². The lowest BCUT2D eigenvalue weighted by molar-refractivity contribution is -0.278. The molecule has 1 heterocycles. The largest absolute Gasteiger partial charge is 0.388 e. The molecule has 0 saturated carbocycles. The summed E-state index contributed by atoms with van der Waals surface area (Å²) in [6, 6.07) is 19.3. The van der Waals surface area contributed by atoms with Gasteiger partial charge in [-0.1, -0.05) is 60.7 Å². The van der Waals surface area contributed by atoms with E-state index in [-0.39, 0.29) is 6.61 Å². The maximum atomic E-state index is 10.2. The maximum Gasteiger partial charge on any atom is 0.183 e. The van der Waals surface area contributed by atoms with Crippen LogP contribution in [0.5, 0.6) is 0 Å². The molecule has 1 fully saturated rings. The van der Waals surface area contributed by atoms with Crippen molar-refractivity contribution in [3.05, 3.63) is 71.8 Å². The van der Waals surface area contributed by atoms with Gasteiger partial charge in [-0.05, 0) is 11.1 Å². The standard InChI is InChI=1S/C19H22O5/c20-16-13-24-19(21)18(23-12-15-9-5-2-6-10-15)17(16)22-11-14-7-3-1-4-8-14/h1-10,16-21H,11-13H2/t16-,17-,18+,19-/m0/s1. The van der Waals surface area contributed by atoms with Gasteiger partial charge in [-0.2, -0.15) is 0 Å². The van der Waals surface area contributed by atoms with Crippen molar-refractivity contribution < 1.29 is 24.4 Å². The molecule has 4 atom stereocenters. The van der Waals surface area contributed by atoms with Gasteiger partial charge in [0.1, 0.15) is 18.3 Å². The summed E-state index contributed by atoms with van der Waals surface area (Å²) in [5, 5.41) is 20.3. The zero-order valence-electron chi connectivity index (χ0n) is 13.3. The Morgan fingerprint density at radius 1 is 0.792 bits per heavy atom. The summed E-state index contributed by atoms with van der Waals surface area (Å²) in [5.74, 6) is 0. The fourth-order valence-corrected chi connectivity index (χ4v) is 2.68. The second-order valence-electron chi connectivity index (χ2n) is 5.81. The SMILES string of the molecule is O[C@H]1CO[C@H](O)[C@H](OCc2ccccc2)[C@H]1OCc1ccccc1. The van der Waals surface area contributed by atoms with Crippen molar-refractivity contribution in [2.24, 2.45) is 0 Å². The number of benzene rings is 2. The molecule has 5 heteroatoms. The normalized spacial score (nSPS) is 27.1. The first-order chi connectivity index (χ1) is 11.7. The first-order valence-electron chi connectivity index (χ1n) is 8.03. The summed E-state index contributed by atoms with van der Waals surface area (Å²) in [5.41, 5.74) is 1.97. The van der Waals surface area contributed by atoms with E-state index in [0.29, 0.717) is 13.2 Å². The molecule has 0 unspecified atom stereocenters. The first-order valence-corrected chi connectivity index (χ1v) is 8.03. The van der Waals surface area contributed by atoms with Gasteiger partial charge in [0, 0.05) is 0 Å². The third kappa shape index (κ3) is 4.41. The molecule has 2 aromatic carbocycles. The quantitative estimate of drug-likeness (QED) is 0.846. The number of hydrogen-bond donors (Lipinski definition) is 2. The van der Waals surface area contributed by atoms with Crippen LogP contribution in [0.4, 0.5) is 0 Å². The molecule has 1 aliphatic rings. The van der Waals surface area contributed by atoms with Crippen LogP contribution in [0, 0.1) is 0 Å². The average molecular weight is 330 g/mol. The van der Waals surface area contributed by atoms with Crippen LogP contribution in [0.3, 0.4) is 0 Å². The minimum atomic E-state index is -1.13. The highest BCUT2D eigenvalue weighted by Gasteiger charge is 2.40. The van der Waals surface area contributed by atoms with Crippen LogP contribution in [-0.2, 0) is 27.4 Å². The molecular weight excluding hydrogens is 308 g/mol. The zero-order chi connectivity index (χ0) is 16.8. The zero-order valence-corrected chi connectivity index (χ0v) is 13.3. The monoisotopic (exact) mass is 330 g/mol. The van der Waals surface area contributed by atoms with E-state index in [0.717, 1.165) is 11.1 Å². The molecule has 0 aliphatic carbocycles. The third-order valence-electron chi connectivity index (χ3n) is 3.99. The third-order valence-corrected chi connectivity index (χ3v) is 3.99. The van der Waals surface area contributed by atoms with Gasteiger partial charge in [0.05, 0.1) is 19.8 Å². The van der Waals surface area contributed by atoms with Crippen LogP contribution in [0.25, 0.3) is 0 Å². The van der Waals surface area contributed by atoms with Gasteiger partial charge in [0.25, 0.3) is 0 Å². The minimum absolute atomic E-state index is 0.0197. The van der Waals surface area contributed by atoms with E-state index in [1.165, 1.54) is 0 Å². The number of aliphatic hydroxyl groups excluding tert-OH is 2. The molecule has 2 aromatic rings. The van der Waals surface area contributed by atoms with E-state index in [2.05, 4.69) is 0 Å². The summed E-state index contributed by atoms with van der Waals surface area (Å²) < 4.78 is 16.8.